The molecule has 0 spiro atoms. The number of hydrogen-bond donors (Lipinski definition) is 0. The molecule has 0 N–H and O–H groups in total. The van der Waals surface area contributed by atoms with Gasteiger partial charge in [0.05, 0.1) is 0 Å². The maximum atomic E-state index is 2.37. The molecule has 0 aromatic heterocycles. The molecular weight excluding hydrogens is 595 g/mol. The van der Waals surface area contributed by atoms with Crippen LogP contribution >= 0.6 is 0 Å². The maximum Gasteiger partial charge on any atom is -1.00 e. The van der Waals surface area contributed by atoms with Crippen LogP contribution in [0.5, 0.6) is 0 Å². The van der Waals surface area contributed by atoms with Gasteiger partial charge in [-0.25, -0.2) is 0 Å². The first-order chi connectivity index (χ1) is 15.1. The Morgan fingerprint density at radius 2 is 0.794 bits per heavy atom. The molecule has 0 atom stereocenters. The Balaban J connectivity index is 0.000000528. The third kappa shape index (κ3) is 10.0. The van der Waals surface area contributed by atoms with Crippen LogP contribution in [0.3, 0.4) is 0 Å². The zero-order chi connectivity index (χ0) is 23.8. The summed E-state index contributed by atoms with van der Waals surface area (Å²) < 4.78 is 0. The van der Waals surface area contributed by atoms with E-state index in [9.17, 15) is 0 Å². The van der Waals surface area contributed by atoms with Gasteiger partial charge in [-0.15, -0.1) is 81.9 Å². The maximum absolute atomic E-state index is 2.37. The minimum Gasteiger partial charge on any atom is -1.00 e. The molecular formula is C30H36Cl2GeZr-2. The second-order valence-electron chi connectivity index (χ2n) is 8.89. The first-order valence-corrected chi connectivity index (χ1v) is 22.8. The fourth-order valence-corrected chi connectivity index (χ4v) is 3.97. The SMILES string of the molecule is Cc1cccc(-[c-]2c(C)ccc2C)c1.Cc1cccc(-[c-]2c(C)ccc2C)c1.[CH3][Ge]([CH3])=[Zr+2].[Cl-].[Cl-]. The Bertz CT molecular complexity index is 1050. The summed E-state index contributed by atoms with van der Waals surface area (Å²) in [4.78, 5) is 0. The molecule has 0 saturated carbocycles. The van der Waals surface area contributed by atoms with Crippen LogP contribution < -0.4 is 24.8 Å². The number of aryl methyl sites for hydroxylation is 6. The van der Waals surface area contributed by atoms with Crippen LogP contribution in [-0.2, 0) is 21.6 Å². The average Bonchev–Trinajstić information content (AvgIpc) is 3.22. The summed E-state index contributed by atoms with van der Waals surface area (Å²) in [6.07, 6.45) is 0. The molecule has 4 rings (SSSR count). The van der Waals surface area contributed by atoms with Gasteiger partial charge in [-0.05, 0) is 13.8 Å². The molecule has 0 nitrogen and oxygen atoms in total. The van der Waals surface area contributed by atoms with Gasteiger partial charge in [-0.2, -0.15) is 0 Å². The number of benzene rings is 2. The molecule has 0 bridgehead atoms. The summed E-state index contributed by atoms with van der Waals surface area (Å²) in [5, 5.41) is 0. The zero-order valence-electron chi connectivity index (χ0n) is 21.7. The number of rotatable bonds is 2. The van der Waals surface area contributed by atoms with Gasteiger partial charge in [0.2, 0.25) is 0 Å². The van der Waals surface area contributed by atoms with Gasteiger partial charge in [-0.1, -0.05) is 74.2 Å². The predicted molar refractivity (Wildman–Crippen MR) is 141 cm³/mol. The first kappa shape index (κ1) is 33.1. The van der Waals surface area contributed by atoms with E-state index in [1.165, 1.54) is 55.6 Å². The fraction of sp³-hybridized carbons (Fsp3) is 0.267. The Morgan fingerprint density at radius 1 is 0.529 bits per heavy atom. The third-order valence-corrected chi connectivity index (χ3v) is 5.36. The van der Waals surface area contributed by atoms with E-state index in [1.54, 1.807) is 21.6 Å². The first-order valence-electron chi connectivity index (χ1n) is 11.2. The van der Waals surface area contributed by atoms with Crippen molar-refractivity contribution in [2.75, 3.05) is 0 Å². The van der Waals surface area contributed by atoms with Gasteiger partial charge in [0.15, 0.2) is 0 Å². The van der Waals surface area contributed by atoms with Gasteiger partial charge in [0.25, 0.3) is 0 Å². The topological polar surface area (TPSA) is 0 Å². The van der Waals surface area contributed by atoms with Crippen molar-refractivity contribution in [3.63, 3.8) is 0 Å². The molecule has 180 valence electrons. The largest absolute Gasteiger partial charge is 1.00 e. The van der Waals surface area contributed by atoms with E-state index < -0.39 is 0 Å². The smallest absolute Gasteiger partial charge is 1.00 e. The van der Waals surface area contributed by atoms with Crippen molar-refractivity contribution in [1.29, 1.82) is 0 Å². The molecule has 0 heterocycles. The van der Waals surface area contributed by atoms with Crippen molar-refractivity contribution in [2.45, 2.75) is 53.1 Å². The molecule has 0 aliphatic carbocycles. The van der Waals surface area contributed by atoms with E-state index in [1.807, 2.05) is 0 Å². The second kappa shape index (κ2) is 16.0. The van der Waals surface area contributed by atoms with E-state index in [0.29, 0.717) is 0 Å². The van der Waals surface area contributed by atoms with Crippen LogP contribution in [-0.4, -0.2) is 9.98 Å². The molecule has 0 amide bonds. The van der Waals surface area contributed by atoms with E-state index in [-0.39, 0.29) is 34.8 Å². The van der Waals surface area contributed by atoms with Crippen LogP contribution in [0.2, 0.25) is 11.5 Å². The fourth-order valence-electron chi connectivity index (χ4n) is 3.97. The molecule has 34 heavy (non-hydrogen) atoms. The molecule has 0 radical (unpaired) electrons. The Kier molecular flexibility index (Phi) is 15.6. The Hall–Kier alpha value is -0.854. The van der Waals surface area contributed by atoms with Gasteiger partial charge in [0, 0.05) is 0 Å². The van der Waals surface area contributed by atoms with Crippen molar-refractivity contribution < 1.29 is 46.4 Å². The summed E-state index contributed by atoms with van der Waals surface area (Å²) in [7, 11) is -0.243. The van der Waals surface area contributed by atoms with Gasteiger partial charge in [0.1, 0.15) is 0 Å². The number of hydrogen-bond acceptors (Lipinski definition) is 0. The van der Waals surface area contributed by atoms with Crippen LogP contribution in [0.15, 0.2) is 72.8 Å². The summed E-state index contributed by atoms with van der Waals surface area (Å²) in [6, 6.07) is 26.1. The zero-order valence-corrected chi connectivity index (χ0v) is 27.8. The Labute approximate surface area is 236 Å². The summed E-state index contributed by atoms with van der Waals surface area (Å²) in [5.41, 5.74) is 13.6. The van der Waals surface area contributed by atoms with E-state index in [4.69, 9.17) is 0 Å². The molecule has 4 aromatic carbocycles. The van der Waals surface area contributed by atoms with E-state index in [2.05, 4.69) is 126 Å². The summed E-state index contributed by atoms with van der Waals surface area (Å²) in [5.74, 6) is 4.75. The van der Waals surface area contributed by atoms with E-state index in [0.717, 1.165) is 0 Å². The molecule has 0 aliphatic rings. The standard InChI is InChI=1S/2C14H15.C2H6Ge.2ClH.Zr/c2*1-10-5-4-6-13(9-10)14-11(2)7-8-12(14)3;1-3-2;;;/h2*4-9H,1-3H3;1-2H3;2*1H;/q2*-1;;;;+2/p-2. The van der Waals surface area contributed by atoms with Crippen LogP contribution in [0, 0.1) is 41.5 Å². The quantitative estimate of drug-likeness (QED) is 0.236. The molecule has 4 aromatic rings. The molecule has 0 fully saturated rings. The summed E-state index contributed by atoms with van der Waals surface area (Å²) in [6.45, 7) is 13.0. The van der Waals surface area contributed by atoms with Gasteiger partial charge >= 0.3 is 43.1 Å². The van der Waals surface area contributed by atoms with Crippen LogP contribution in [0.25, 0.3) is 22.3 Å². The molecule has 4 heteroatoms. The molecule has 0 aliphatic heterocycles. The minimum absolute atomic E-state index is 0. The van der Waals surface area contributed by atoms with Crippen molar-refractivity contribution >= 4 is 9.98 Å². The van der Waals surface area contributed by atoms with Crippen LogP contribution in [0.4, 0.5) is 0 Å². The second-order valence-corrected chi connectivity index (χ2v) is 25.9. The van der Waals surface area contributed by atoms with Crippen molar-refractivity contribution in [2.24, 2.45) is 0 Å². The third-order valence-electron chi connectivity index (χ3n) is 5.36. The average molecular weight is 631 g/mol. The van der Waals surface area contributed by atoms with Crippen molar-refractivity contribution in [1.82, 2.24) is 0 Å². The Morgan fingerprint density at radius 3 is 1.03 bits per heavy atom. The molecule has 0 unspecified atom stereocenters. The normalized spacial score (nSPS) is 9.47. The van der Waals surface area contributed by atoms with Crippen molar-refractivity contribution in [3.8, 4) is 22.3 Å². The minimum atomic E-state index is -0.243. The van der Waals surface area contributed by atoms with E-state index >= 15 is 0 Å². The van der Waals surface area contributed by atoms with Crippen LogP contribution in [0.1, 0.15) is 33.4 Å². The van der Waals surface area contributed by atoms with Gasteiger partial charge in [-0.3, -0.25) is 0 Å². The number of halogens is 2. The predicted octanol–water partition coefficient (Wildman–Crippen LogP) is 2.79. The van der Waals surface area contributed by atoms with Gasteiger partial charge < -0.3 is 24.8 Å². The monoisotopic (exact) mass is 630 g/mol. The molecule has 0 saturated heterocycles. The van der Waals surface area contributed by atoms with Crippen molar-refractivity contribution in [3.05, 3.63) is 106 Å². The summed E-state index contributed by atoms with van der Waals surface area (Å²) >= 11 is 1.80.